The summed E-state index contributed by atoms with van der Waals surface area (Å²) in [5.74, 6) is 0.778. The van der Waals surface area contributed by atoms with Gasteiger partial charge in [-0.3, -0.25) is 4.79 Å². The number of carbonyl (C=O) groups excluding carboxylic acids is 1. The van der Waals surface area contributed by atoms with Crippen LogP contribution in [-0.4, -0.2) is 55.4 Å². The molecule has 0 aliphatic carbocycles. The SMILES string of the molecule is CCOC1CCOC2(CCN(C(=O)COc3ccccc3)CC2)C1. The van der Waals surface area contributed by atoms with Crippen LogP contribution in [0.2, 0.25) is 0 Å². The largest absolute Gasteiger partial charge is 0.484 e. The molecule has 5 heteroatoms. The molecule has 1 atom stereocenters. The molecule has 2 saturated heterocycles. The first-order valence-corrected chi connectivity index (χ1v) is 8.92. The lowest BCUT2D eigenvalue weighted by Crippen LogP contribution is -2.52. The molecule has 1 unspecified atom stereocenters. The molecule has 0 bridgehead atoms. The highest BCUT2D eigenvalue weighted by atomic mass is 16.5. The molecule has 2 aliphatic rings. The fourth-order valence-electron chi connectivity index (χ4n) is 3.63. The molecule has 1 amide bonds. The normalized spacial score (nSPS) is 23.2. The van der Waals surface area contributed by atoms with Crippen LogP contribution in [0.5, 0.6) is 5.75 Å². The van der Waals surface area contributed by atoms with Crippen LogP contribution in [0.3, 0.4) is 0 Å². The lowest BCUT2D eigenvalue weighted by Gasteiger charge is -2.46. The number of piperidine rings is 1. The van der Waals surface area contributed by atoms with Gasteiger partial charge in [-0.2, -0.15) is 0 Å². The third kappa shape index (κ3) is 4.28. The maximum Gasteiger partial charge on any atom is 0.260 e. The molecule has 0 N–H and O–H groups in total. The van der Waals surface area contributed by atoms with Gasteiger partial charge in [0.15, 0.2) is 6.61 Å². The summed E-state index contributed by atoms with van der Waals surface area (Å²) in [5, 5.41) is 0. The Bertz CT molecular complexity index is 523. The number of nitrogens with zero attached hydrogens (tertiary/aromatic N) is 1. The number of hydrogen-bond donors (Lipinski definition) is 0. The van der Waals surface area contributed by atoms with Gasteiger partial charge in [0, 0.05) is 32.7 Å². The van der Waals surface area contributed by atoms with Crippen LogP contribution < -0.4 is 4.74 Å². The van der Waals surface area contributed by atoms with Crippen LogP contribution in [0.15, 0.2) is 30.3 Å². The van der Waals surface area contributed by atoms with Crippen molar-refractivity contribution in [2.24, 2.45) is 0 Å². The van der Waals surface area contributed by atoms with E-state index in [4.69, 9.17) is 14.2 Å². The Morgan fingerprint density at radius 2 is 2.04 bits per heavy atom. The lowest BCUT2D eigenvalue weighted by molar-refractivity contribution is -0.161. The van der Waals surface area contributed by atoms with E-state index in [1.165, 1.54) is 0 Å². The Morgan fingerprint density at radius 1 is 1.29 bits per heavy atom. The van der Waals surface area contributed by atoms with E-state index < -0.39 is 0 Å². The number of likely N-dealkylation sites (tertiary alicyclic amines) is 1. The maximum atomic E-state index is 12.3. The molecule has 2 fully saturated rings. The number of para-hydroxylation sites is 1. The Kier molecular flexibility index (Phi) is 5.74. The summed E-state index contributed by atoms with van der Waals surface area (Å²) in [6.45, 7) is 5.11. The standard InChI is InChI=1S/C19H27NO4/c1-2-22-17-8-13-24-19(14-17)9-11-20(12-10-19)18(21)15-23-16-6-4-3-5-7-16/h3-7,17H,2,8-15H2,1H3. The van der Waals surface area contributed by atoms with E-state index in [2.05, 4.69) is 0 Å². The lowest BCUT2D eigenvalue weighted by atomic mass is 9.83. The van der Waals surface area contributed by atoms with Gasteiger partial charge in [0.05, 0.1) is 11.7 Å². The molecular formula is C19H27NO4. The van der Waals surface area contributed by atoms with Crippen molar-refractivity contribution >= 4 is 5.91 Å². The van der Waals surface area contributed by atoms with Gasteiger partial charge in [-0.1, -0.05) is 18.2 Å². The molecule has 0 aromatic heterocycles. The van der Waals surface area contributed by atoms with Crippen molar-refractivity contribution in [1.82, 2.24) is 4.90 Å². The second-order valence-corrected chi connectivity index (χ2v) is 6.58. The topological polar surface area (TPSA) is 48.0 Å². The maximum absolute atomic E-state index is 12.3. The third-order valence-corrected chi connectivity index (χ3v) is 4.98. The zero-order valence-corrected chi connectivity index (χ0v) is 14.4. The second-order valence-electron chi connectivity index (χ2n) is 6.58. The summed E-state index contributed by atoms with van der Waals surface area (Å²) in [4.78, 5) is 14.2. The van der Waals surface area contributed by atoms with Gasteiger partial charge < -0.3 is 19.1 Å². The van der Waals surface area contributed by atoms with Crippen LogP contribution in [0.1, 0.15) is 32.6 Å². The van der Waals surface area contributed by atoms with Gasteiger partial charge in [-0.25, -0.2) is 0 Å². The van der Waals surface area contributed by atoms with E-state index in [1.54, 1.807) is 0 Å². The molecule has 1 spiro atoms. The van der Waals surface area contributed by atoms with Gasteiger partial charge in [0.2, 0.25) is 0 Å². The summed E-state index contributed by atoms with van der Waals surface area (Å²) >= 11 is 0. The summed E-state index contributed by atoms with van der Waals surface area (Å²) < 4.78 is 17.4. The van der Waals surface area contributed by atoms with Gasteiger partial charge >= 0.3 is 0 Å². The Labute approximate surface area is 143 Å². The fraction of sp³-hybridized carbons (Fsp3) is 0.632. The predicted molar refractivity (Wildman–Crippen MR) is 91.1 cm³/mol. The summed E-state index contributed by atoms with van der Waals surface area (Å²) in [6, 6.07) is 9.46. The predicted octanol–water partition coefficient (Wildman–Crippen LogP) is 2.64. The first kappa shape index (κ1) is 17.2. The summed E-state index contributed by atoms with van der Waals surface area (Å²) in [6.07, 6.45) is 3.99. The summed E-state index contributed by atoms with van der Waals surface area (Å²) in [7, 11) is 0. The van der Waals surface area contributed by atoms with E-state index >= 15 is 0 Å². The quantitative estimate of drug-likeness (QED) is 0.831. The number of amides is 1. The minimum absolute atomic E-state index is 0.0471. The number of ether oxygens (including phenoxy) is 3. The number of carbonyl (C=O) groups is 1. The average Bonchev–Trinajstić information content (AvgIpc) is 2.62. The average molecular weight is 333 g/mol. The molecule has 1 aromatic rings. The molecule has 0 radical (unpaired) electrons. The zero-order chi connectivity index (χ0) is 16.8. The van der Waals surface area contributed by atoms with Crippen molar-refractivity contribution in [2.75, 3.05) is 32.9 Å². The molecule has 3 rings (SSSR count). The van der Waals surface area contributed by atoms with Gasteiger partial charge in [0.25, 0.3) is 5.91 Å². The minimum Gasteiger partial charge on any atom is -0.484 e. The highest BCUT2D eigenvalue weighted by molar-refractivity contribution is 5.77. The smallest absolute Gasteiger partial charge is 0.260 e. The summed E-state index contributed by atoms with van der Waals surface area (Å²) in [5.41, 5.74) is -0.102. The Hall–Kier alpha value is -1.59. The van der Waals surface area contributed by atoms with Gasteiger partial charge in [0.1, 0.15) is 5.75 Å². The third-order valence-electron chi connectivity index (χ3n) is 4.98. The number of hydrogen-bond acceptors (Lipinski definition) is 4. The Balaban J connectivity index is 1.46. The van der Waals surface area contributed by atoms with Crippen molar-refractivity contribution in [3.63, 3.8) is 0 Å². The van der Waals surface area contributed by atoms with E-state index in [-0.39, 0.29) is 18.1 Å². The molecule has 1 aromatic carbocycles. The van der Waals surface area contributed by atoms with E-state index in [0.717, 1.165) is 57.7 Å². The molecule has 2 aliphatic heterocycles. The minimum atomic E-state index is -0.102. The molecule has 0 saturated carbocycles. The van der Waals surface area contributed by atoms with Crippen LogP contribution in [0.25, 0.3) is 0 Å². The first-order valence-electron chi connectivity index (χ1n) is 8.92. The van der Waals surface area contributed by atoms with Crippen molar-refractivity contribution in [1.29, 1.82) is 0 Å². The zero-order valence-electron chi connectivity index (χ0n) is 14.4. The molecule has 132 valence electrons. The first-order chi connectivity index (χ1) is 11.7. The molecule has 24 heavy (non-hydrogen) atoms. The van der Waals surface area contributed by atoms with Gasteiger partial charge in [-0.15, -0.1) is 0 Å². The van der Waals surface area contributed by atoms with E-state index in [0.29, 0.717) is 6.10 Å². The van der Waals surface area contributed by atoms with Crippen molar-refractivity contribution in [3.8, 4) is 5.75 Å². The van der Waals surface area contributed by atoms with Crippen LogP contribution in [0.4, 0.5) is 0 Å². The van der Waals surface area contributed by atoms with Crippen molar-refractivity contribution in [3.05, 3.63) is 30.3 Å². The van der Waals surface area contributed by atoms with E-state index in [9.17, 15) is 4.79 Å². The van der Waals surface area contributed by atoms with Crippen molar-refractivity contribution < 1.29 is 19.0 Å². The monoisotopic (exact) mass is 333 g/mol. The highest BCUT2D eigenvalue weighted by Crippen LogP contribution is 2.36. The second kappa shape index (κ2) is 7.99. The highest BCUT2D eigenvalue weighted by Gasteiger charge is 2.41. The van der Waals surface area contributed by atoms with Crippen LogP contribution in [-0.2, 0) is 14.3 Å². The molecular weight excluding hydrogens is 306 g/mol. The molecule has 5 nitrogen and oxygen atoms in total. The van der Waals surface area contributed by atoms with Crippen LogP contribution >= 0.6 is 0 Å². The van der Waals surface area contributed by atoms with Crippen molar-refractivity contribution in [2.45, 2.75) is 44.3 Å². The molecule has 2 heterocycles. The van der Waals surface area contributed by atoms with Crippen LogP contribution in [0, 0.1) is 0 Å². The number of rotatable bonds is 5. The van der Waals surface area contributed by atoms with Gasteiger partial charge in [-0.05, 0) is 38.3 Å². The number of benzene rings is 1. The Morgan fingerprint density at radius 3 is 2.75 bits per heavy atom. The van der Waals surface area contributed by atoms with E-state index in [1.807, 2.05) is 42.2 Å². The fourth-order valence-corrected chi connectivity index (χ4v) is 3.63.